The van der Waals surface area contributed by atoms with Crippen LogP contribution in [0.3, 0.4) is 0 Å². The highest BCUT2D eigenvalue weighted by molar-refractivity contribution is 5.77. The van der Waals surface area contributed by atoms with Gasteiger partial charge < -0.3 is 9.88 Å². The lowest BCUT2D eigenvalue weighted by Crippen LogP contribution is -2.24. The number of rotatable bonds is 2. The van der Waals surface area contributed by atoms with Crippen LogP contribution in [0.15, 0.2) is 38.1 Å². The van der Waals surface area contributed by atoms with Gasteiger partial charge in [-0.05, 0) is 6.92 Å². The first-order valence-corrected chi connectivity index (χ1v) is 4.97. The van der Waals surface area contributed by atoms with Crippen LogP contribution >= 0.6 is 0 Å². The van der Waals surface area contributed by atoms with Crippen LogP contribution in [-0.4, -0.2) is 33.1 Å². The standard InChI is InChI=1S/C6H10N2O.C5H6N2/c1-3-8-4-5(2)7-6(8)9;1-2-7-4-3-6-5-7/h3,5H,1,4H2,2H3,(H,7,9);2-5H,1H2. The maximum atomic E-state index is 10.8. The van der Waals surface area contributed by atoms with E-state index in [0.717, 1.165) is 6.54 Å². The quantitative estimate of drug-likeness (QED) is 0.821. The van der Waals surface area contributed by atoms with E-state index in [9.17, 15) is 4.79 Å². The number of hydrogen-bond acceptors (Lipinski definition) is 2. The van der Waals surface area contributed by atoms with E-state index in [-0.39, 0.29) is 12.1 Å². The molecule has 1 aliphatic heterocycles. The molecule has 5 heteroatoms. The van der Waals surface area contributed by atoms with Crippen molar-refractivity contribution in [2.24, 2.45) is 0 Å². The molecule has 2 rings (SSSR count). The van der Waals surface area contributed by atoms with E-state index >= 15 is 0 Å². The number of hydrogen-bond donors (Lipinski definition) is 1. The van der Waals surface area contributed by atoms with E-state index in [1.54, 1.807) is 34.4 Å². The van der Waals surface area contributed by atoms with Gasteiger partial charge in [0.1, 0.15) is 0 Å². The lowest BCUT2D eigenvalue weighted by Gasteiger charge is -2.04. The van der Waals surface area contributed by atoms with E-state index in [1.807, 2.05) is 13.1 Å². The van der Waals surface area contributed by atoms with Crippen molar-refractivity contribution in [3.05, 3.63) is 38.1 Å². The van der Waals surface area contributed by atoms with Gasteiger partial charge in [0.15, 0.2) is 0 Å². The number of nitrogens with zero attached hydrogens (tertiary/aromatic N) is 3. The molecule has 1 saturated heterocycles. The molecule has 0 saturated carbocycles. The van der Waals surface area contributed by atoms with Crippen LogP contribution in [0.2, 0.25) is 0 Å². The first-order valence-electron chi connectivity index (χ1n) is 4.97. The van der Waals surface area contributed by atoms with Crippen molar-refractivity contribution in [1.82, 2.24) is 19.8 Å². The first kappa shape index (κ1) is 12.0. The zero-order chi connectivity index (χ0) is 12.0. The van der Waals surface area contributed by atoms with Crippen molar-refractivity contribution in [2.45, 2.75) is 13.0 Å². The average molecular weight is 220 g/mol. The summed E-state index contributed by atoms with van der Waals surface area (Å²) in [7, 11) is 0. The smallest absolute Gasteiger partial charge is 0.321 e. The molecule has 1 aromatic heterocycles. The Morgan fingerprint density at radius 2 is 2.31 bits per heavy atom. The van der Waals surface area contributed by atoms with Crippen molar-refractivity contribution in [1.29, 1.82) is 0 Å². The van der Waals surface area contributed by atoms with Gasteiger partial charge in [-0.1, -0.05) is 13.2 Å². The van der Waals surface area contributed by atoms with Gasteiger partial charge in [0.05, 0.1) is 6.33 Å². The molecule has 1 unspecified atom stereocenters. The summed E-state index contributed by atoms with van der Waals surface area (Å²) in [6.07, 6.45) is 8.45. The van der Waals surface area contributed by atoms with Gasteiger partial charge in [0, 0.05) is 37.4 Å². The molecule has 1 N–H and O–H groups in total. The maximum Gasteiger partial charge on any atom is 0.321 e. The van der Waals surface area contributed by atoms with E-state index in [4.69, 9.17) is 0 Å². The molecule has 0 radical (unpaired) electrons. The van der Waals surface area contributed by atoms with Crippen LogP contribution < -0.4 is 5.32 Å². The van der Waals surface area contributed by atoms with Gasteiger partial charge in [-0.2, -0.15) is 0 Å². The Morgan fingerprint density at radius 3 is 2.56 bits per heavy atom. The summed E-state index contributed by atoms with van der Waals surface area (Å²) in [5, 5.41) is 2.73. The van der Waals surface area contributed by atoms with Crippen molar-refractivity contribution in [3.8, 4) is 0 Å². The van der Waals surface area contributed by atoms with Crippen LogP contribution in [0.5, 0.6) is 0 Å². The van der Waals surface area contributed by atoms with E-state index in [2.05, 4.69) is 23.5 Å². The predicted octanol–water partition coefficient (Wildman–Crippen LogP) is 1.53. The first-order chi connectivity index (χ1) is 7.67. The van der Waals surface area contributed by atoms with Crippen LogP contribution in [0.1, 0.15) is 6.92 Å². The van der Waals surface area contributed by atoms with Crippen LogP contribution in [-0.2, 0) is 0 Å². The summed E-state index contributed by atoms with van der Waals surface area (Å²) in [5.41, 5.74) is 0. The lowest BCUT2D eigenvalue weighted by atomic mass is 10.4. The summed E-state index contributed by atoms with van der Waals surface area (Å²) >= 11 is 0. The topological polar surface area (TPSA) is 50.2 Å². The van der Waals surface area contributed by atoms with Crippen LogP contribution in [0, 0.1) is 0 Å². The van der Waals surface area contributed by atoms with E-state index in [0.29, 0.717) is 0 Å². The Kier molecular flexibility index (Phi) is 4.32. The van der Waals surface area contributed by atoms with E-state index < -0.39 is 0 Å². The number of urea groups is 1. The fourth-order valence-electron chi connectivity index (χ4n) is 1.25. The number of carbonyl (C=O) groups is 1. The second-order valence-corrected chi connectivity index (χ2v) is 3.38. The second-order valence-electron chi connectivity index (χ2n) is 3.38. The van der Waals surface area contributed by atoms with Gasteiger partial charge in [-0.3, -0.25) is 4.90 Å². The van der Waals surface area contributed by atoms with E-state index in [1.165, 1.54) is 0 Å². The molecule has 0 aromatic carbocycles. The molecule has 86 valence electrons. The van der Waals surface area contributed by atoms with Crippen molar-refractivity contribution in [3.63, 3.8) is 0 Å². The summed E-state index contributed by atoms with van der Waals surface area (Å²) in [5.74, 6) is 0. The third kappa shape index (κ3) is 3.27. The Hall–Kier alpha value is -2.04. The molecule has 1 aromatic rings. The normalized spacial score (nSPS) is 18.4. The minimum atomic E-state index is -0.0440. The zero-order valence-electron chi connectivity index (χ0n) is 9.34. The molecule has 0 bridgehead atoms. The number of nitrogens with one attached hydrogen (secondary N) is 1. The lowest BCUT2D eigenvalue weighted by molar-refractivity contribution is 0.230. The Balaban J connectivity index is 0.000000165. The number of aromatic nitrogens is 2. The molecular weight excluding hydrogens is 204 g/mol. The Labute approximate surface area is 95.1 Å². The summed E-state index contributed by atoms with van der Waals surface area (Å²) < 4.78 is 1.78. The fourth-order valence-corrected chi connectivity index (χ4v) is 1.25. The number of amides is 2. The minimum Gasteiger partial charge on any atom is -0.333 e. The van der Waals surface area contributed by atoms with Crippen LogP contribution in [0.4, 0.5) is 4.79 Å². The van der Waals surface area contributed by atoms with Crippen molar-refractivity contribution >= 4 is 12.2 Å². The Morgan fingerprint density at radius 1 is 1.56 bits per heavy atom. The van der Waals surface area contributed by atoms with Gasteiger partial charge in [-0.15, -0.1) is 0 Å². The Bertz CT molecular complexity index is 358. The predicted molar refractivity (Wildman–Crippen MR) is 63.5 cm³/mol. The minimum absolute atomic E-state index is 0.0440. The van der Waals surface area contributed by atoms with Gasteiger partial charge in [0.25, 0.3) is 0 Å². The SMILES string of the molecule is C=CN1CC(C)NC1=O.C=Cn1ccnc1. The monoisotopic (exact) mass is 220 g/mol. The maximum absolute atomic E-state index is 10.8. The average Bonchev–Trinajstić information content (AvgIpc) is 2.88. The van der Waals surface area contributed by atoms with Gasteiger partial charge >= 0.3 is 6.03 Å². The molecular formula is C11H16N4O. The van der Waals surface area contributed by atoms with Gasteiger partial charge in [0.2, 0.25) is 0 Å². The molecule has 2 heterocycles. The third-order valence-corrected chi connectivity index (χ3v) is 2.06. The fraction of sp³-hybridized carbons (Fsp3) is 0.273. The third-order valence-electron chi connectivity index (χ3n) is 2.06. The molecule has 5 nitrogen and oxygen atoms in total. The number of carbonyl (C=O) groups excluding carboxylic acids is 1. The molecule has 1 atom stereocenters. The highest BCUT2D eigenvalue weighted by Gasteiger charge is 2.22. The number of imidazole rings is 1. The largest absolute Gasteiger partial charge is 0.333 e. The zero-order valence-corrected chi connectivity index (χ0v) is 9.34. The van der Waals surface area contributed by atoms with Gasteiger partial charge in [-0.25, -0.2) is 9.78 Å². The summed E-state index contributed by atoms with van der Waals surface area (Å²) in [4.78, 5) is 16.1. The summed E-state index contributed by atoms with van der Waals surface area (Å²) in [6.45, 7) is 9.72. The van der Waals surface area contributed by atoms with Crippen molar-refractivity contribution < 1.29 is 4.79 Å². The molecule has 0 spiro atoms. The second kappa shape index (κ2) is 5.75. The van der Waals surface area contributed by atoms with Crippen LogP contribution in [0.25, 0.3) is 6.20 Å². The molecule has 0 aliphatic carbocycles. The molecule has 1 fully saturated rings. The highest BCUT2D eigenvalue weighted by atomic mass is 16.2. The van der Waals surface area contributed by atoms with Crippen molar-refractivity contribution in [2.75, 3.05) is 6.54 Å². The molecule has 1 aliphatic rings. The molecule has 16 heavy (non-hydrogen) atoms. The molecule has 2 amide bonds. The highest BCUT2D eigenvalue weighted by Crippen LogP contribution is 2.01. The summed E-state index contributed by atoms with van der Waals surface area (Å²) in [6, 6.07) is 0.216.